The van der Waals surface area contributed by atoms with Gasteiger partial charge in [-0.15, -0.1) is 0 Å². The number of amidine groups is 1. The van der Waals surface area contributed by atoms with Crippen molar-refractivity contribution in [1.82, 2.24) is 15.0 Å². The van der Waals surface area contributed by atoms with Gasteiger partial charge in [-0.1, -0.05) is 29.8 Å². The summed E-state index contributed by atoms with van der Waals surface area (Å²) in [6.45, 7) is 5.85. The quantitative estimate of drug-likeness (QED) is 0.648. The van der Waals surface area contributed by atoms with Gasteiger partial charge < -0.3 is 14.1 Å². The van der Waals surface area contributed by atoms with Crippen LogP contribution in [0, 0.1) is 12.8 Å². The smallest absolute Gasteiger partial charge is 0.240 e. The first-order valence-corrected chi connectivity index (χ1v) is 10.9. The average Bonchev–Trinajstić information content (AvgIpc) is 3.32. The van der Waals surface area contributed by atoms with Crippen LogP contribution in [0.4, 0.5) is 0 Å². The van der Waals surface area contributed by atoms with Crippen molar-refractivity contribution in [2.24, 2.45) is 18.0 Å². The number of rotatable bonds is 5. The van der Waals surface area contributed by atoms with E-state index < -0.39 is 0 Å². The summed E-state index contributed by atoms with van der Waals surface area (Å²) in [5.41, 5.74) is 7.55. The van der Waals surface area contributed by atoms with Crippen molar-refractivity contribution < 1.29 is 9.57 Å². The highest BCUT2D eigenvalue weighted by Gasteiger charge is 2.28. The number of aryl methyl sites for hydroxylation is 2. The summed E-state index contributed by atoms with van der Waals surface area (Å²) >= 11 is 0. The SMILES string of the molecule is C=C1N=C(C2CCC(Oc3ccc4c(c3)nc(Cc3cccc(C)c3)n4C)CC2)NO1. The number of imidazole rings is 1. The van der Waals surface area contributed by atoms with Crippen LogP contribution in [-0.2, 0) is 18.3 Å². The van der Waals surface area contributed by atoms with Gasteiger partial charge in [0.1, 0.15) is 17.4 Å². The Bertz CT molecular complexity index is 1160. The van der Waals surface area contributed by atoms with Crippen molar-refractivity contribution in [3.63, 3.8) is 0 Å². The number of hydrogen-bond donors (Lipinski definition) is 1. The molecule has 2 aliphatic rings. The number of fused-ring (bicyclic) bond motifs is 1. The first-order valence-electron chi connectivity index (χ1n) is 10.9. The van der Waals surface area contributed by atoms with Crippen LogP contribution in [0.2, 0.25) is 0 Å². The minimum atomic E-state index is 0.218. The number of aromatic nitrogens is 2. The highest BCUT2D eigenvalue weighted by Crippen LogP contribution is 2.31. The maximum Gasteiger partial charge on any atom is 0.240 e. The molecule has 1 saturated carbocycles. The van der Waals surface area contributed by atoms with Gasteiger partial charge in [0.2, 0.25) is 5.88 Å². The zero-order valence-corrected chi connectivity index (χ0v) is 18.1. The zero-order valence-electron chi connectivity index (χ0n) is 18.1. The predicted octanol–water partition coefficient (Wildman–Crippen LogP) is 4.81. The molecule has 6 heteroatoms. The normalized spacial score (nSPS) is 21.0. The summed E-state index contributed by atoms with van der Waals surface area (Å²) in [4.78, 5) is 14.4. The van der Waals surface area contributed by atoms with Gasteiger partial charge in [-0.3, -0.25) is 0 Å². The van der Waals surface area contributed by atoms with Gasteiger partial charge in [0.25, 0.3) is 0 Å². The Morgan fingerprint density at radius 1 is 1.16 bits per heavy atom. The van der Waals surface area contributed by atoms with Crippen molar-refractivity contribution in [1.29, 1.82) is 0 Å². The molecule has 1 aliphatic carbocycles. The summed E-state index contributed by atoms with van der Waals surface area (Å²) in [5, 5.41) is 0. The number of nitrogens with one attached hydrogen (secondary N) is 1. The van der Waals surface area contributed by atoms with E-state index in [0.29, 0.717) is 11.8 Å². The Morgan fingerprint density at radius 2 is 2.00 bits per heavy atom. The second-order valence-corrected chi connectivity index (χ2v) is 8.59. The van der Waals surface area contributed by atoms with Crippen LogP contribution < -0.4 is 10.2 Å². The van der Waals surface area contributed by atoms with Gasteiger partial charge in [0.15, 0.2) is 0 Å². The number of hydrogen-bond acceptors (Lipinski definition) is 5. The Kier molecular flexibility index (Phi) is 5.14. The van der Waals surface area contributed by atoms with Gasteiger partial charge in [-0.25, -0.2) is 10.5 Å². The van der Waals surface area contributed by atoms with E-state index in [2.05, 4.69) is 78.1 Å². The van der Waals surface area contributed by atoms with Crippen molar-refractivity contribution in [2.45, 2.75) is 45.1 Å². The van der Waals surface area contributed by atoms with Gasteiger partial charge in [0.05, 0.1) is 17.1 Å². The van der Waals surface area contributed by atoms with Crippen LogP contribution in [-0.4, -0.2) is 21.5 Å². The molecule has 6 nitrogen and oxygen atoms in total. The topological polar surface area (TPSA) is 60.7 Å². The van der Waals surface area contributed by atoms with Crippen molar-refractivity contribution in [3.8, 4) is 5.75 Å². The summed E-state index contributed by atoms with van der Waals surface area (Å²) < 4.78 is 8.50. The fraction of sp³-hybridized carbons (Fsp3) is 0.360. The number of ether oxygens (including phenoxy) is 1. The molecule has 0 amide bonds. The number of hydroxylamine groups is 1. The lowest BCUT2D eigenvalue weighted by Gasteiger charge is -2.28. The first-order chi connectivity index (χ1) is 15.0. The third-order valence-corrected chi connectivity index (χ3v) is 6.27. The molecular weight excluding hydrogens is 388 g/mol. The fourth-order valence-electron chi connectivity index (χ4n) is 4.58. The Hall–Kier alpha value is -3.28. The minimum absolute atomic E-state index is 0.218. The number of benzene rings is 2. The van der Waals surface area contributed by atoms with E-state index in [9.17, 15) is 0 Å². The molecule has 0 spiro atoms. The molecule has 0 radical (unpaired) electrons. The van der Waals surface area contributed by atoms with Gasteiger partial charge in [-0.05, 0) is 56.9 Å². The monoisotopic (exact) mass is 416 g/mol. The molecular formula is C25H28N4O2. The number of nitrogens with zero attached hydrogens (tertiary/aromatic N) is 3. The van der Waals surface area contributed by atoms with Crippen molar-refractivity contribution >= 4 is 16.9 Å². The lowest BCUT2D eigenvalue weighted by atomic mass is 9.86. The van der Waals surface area contributed by atoms with Gasteiger partial charge in [-0.2, -0.15) is 4.99 Å². The van der Waals surface area contributed by atoms with Crippen molar-refractivity contribution in [2.75, 3.05) is 0 Å². The number of aliphatic imine (C=N–C) groups is 1. The van der Waals surface area contributed by atoms with E-state index in [0.717, 1.165) is 60.5 Å². The highest BCUT2D eigenvalue weighted by atomic mass is 16.7. The maximum absolute atomic E-state index is 6.32. The molecule has 1 aliphatic heterocycles. The Balaban J connectivity index is 1.26. The fourth-order valence-corrected chi connectivity index (χ4v) is 4.58. The molecule has 0 unspecified atom stereocenters. The molecule has 1 aromatic heterocycles. The molecule has 1 N–H and O–H groups in total. The van der Waals surface area contributed by atoms with Crippen LogP contribution in [0.25, 0.3) is 11.0 Å². The lowest BCUT2D eigenvalue weighted by Crippen LogP contribution is -2.32. The second kappa shape index (κ2) is 8.10. The second-order valence-electron chi connectivity index (χ2n) is 8.59. The molecule has 0 bridgehead atoms. The Morgan fingerprint density at radius 3 is 2.74 bits per heavy atom. The average molecular weight is 417 g/mol. The third kappa shape index (κ3) is 4.15. The Labute approximate surface area is 182 Å². The van der Waals surface area contributed by atoms with Gasteiger partial charge >= 0.3 is 0 Å². The summed E-state index contributed by atoms with van der Waals surface area (Å²) in [6, 6.07) is 14.9. The van der Waals surface area contributed by atoms with E-state index >= 15 is 0 Å². The third-order valence-electron chi connectivity index (χ3n) is 6.27. The van der Waals surface area contributed by atoms with Crippen LogP contribution in [0.1, 0.15) is 42.6 Å². The van der Waals surface area contributed by atoms with E-state index in [1.165, 1.54) is 11.1 Å². The van der Waals surface area contributed by atoms with E-state index in [-0.39, 0.29) is 6.10 Å². The van der Waals surface area contributed by atoms with Crippen molar-refractivity contribution in [3.05, 3.63) is 71.9 Å². The molecule has 0 saturated heterocycles. The minimum Gasteiger partial charge on any atom is -0.490 e. The van der Waals surface area contributed by atoms with Gasteiger partial charge in [0, 0.05) is 25.5 Å². The lowest BCUT2D eigenvalue weighted by molar-refractivity contribution is 0.138. The molecule has 160 valence electrons. The van der Waals surface area contributed by atoms with Crippen LogP contribution in [0.15, 0.2) is 59.9 Å². The molecule has 31 heavy (non-hydrogen) atoms. The molecule has 5 rings (SSSR count). The largest absolute Gasteiger partial charge is 0.490 e. The first kappa shape index (κ1) is 19.7. The zero-order chi connectivity index (χ0) is 21.4. The summed E-state index contributed by atoms with van der Waals surface area (Å²) in [5.74, 6) is 3.69. The van der Waals surface area contributed by atoms with Crippen LogP contribution in [0.3, 0.4) is 0 Å². The van der Waals surface area contributed by atoms with E-state index in [4.69, 9.17) is 14.6 Å². The maximum atomic E-state index is 6.32. The van der Waals surface area contributed by atoms with E-state index in [1.54, 1.807) is 0 Å². The highest BCUT2D eigenvalue weighted by molar-refractivity contribution is 5.85. The molecule has 1 fully saturated rings. The van der Waals surface area contributed by atoms with Crippen LogP contribution in [0.5, 0.6) is 5.75 Å². The standard InChI is InChI=1S/C25H28N4O2/c1-16-5-4-6-18(13-16)14-24-27-22-15-21(11-12-23(22)29(24)3)30-20-9-7-19(8-10-20)25-26-17(2)31-28-25/h4-6,11-13,15,19-20H,2,7-10,14H2,1,3H3,(H,26,28). The summed E-state index contributed by atoms with van der Waals surface area (Å²) in [6.07, 6.45) is 5.09. The predicted molar refractivity (Wildman–Crippen MR) is 122 cm³/mol. The molecule has 2 heterocycles. The molecule has 0 atom stereocenters. The molecule has 3 aromatic rings. The molecule has 2 aromatic carbocycles. The van der Waals surface area contributed by atoms with Crippen LogP contribution >= 0.6 is 0 Å². The van der Waals surface area contributed by atoms with E-state index in [1.807, 2.05) is 0 Å². The summed E-state index contributed by atoms with van der Waals surface area (Å²) in [7, 11) is 2.08.